The first-order valence-electron chi connectivity index (χ1n) is 11.7. The van der Waals surface area contributed by atoms with Crippen LogP contribution in [-0.4, -0.2) is 48.4 Å². The van der Waals surface area contributed by atoms with Gasteiger partial charge in [0, 0.05) is 31.1 Å². The van der Waals surface area contributed by atoms with Gasteiger partial charge in [-0.05, 0) is 48.3 Å². The van der Waals surface area contributed by atoms with E-state index < -0.39 is 0 Å². The molecule has 1 N–H and O–H groups in total. The first kappa shape index (κ1) is 23.0. The van der Waals surface area contributed by atoms with E-state index in [1.165, 1.54) is 10.4 Å². The average molecular weight is 455 g/mol. The second kappa shape index (κ2) is 9.78. The molecule has 2 aliphatic rings. The van der Waals surface area contributed by atoms with Crippen LogP contribution in [0.3, 0.4) is 0 Å². The lowest BCUT2D eigenvalue weighted by atomic mass is 9.69. The van der Waals surface area contributed by atoms with Crippen molar-refractivity contribution in [2.75, 3.05) is 38.0 Å². The average Bonchev–Trinajstić information content (AvgIpc) is 3.41. The van der Waals surface area contributed by atoms with Crippen molar-refractivity contribution in [1.29, 1.82) is 5.26 Å². The number of thiophene rings is 1. The molecule has 1 atom stereocenters. The summed E-state index contributed by atoms with van der Waals surface area (Å²) in [6, 6.07) is 6.29. The number of amides is 1. The van der Waals surface area contributed by atoms with E-state index in [-0.39, 0.29) is 5.91 Å². The molecular formula is C25H34N4O2S. The Kier molecular flexibility index (Phi) is 7.04. The molecule has 1 aliphatic carbocycles. The Hall–Kier alpha value is -2.14. The fraction of sp³-hybridized carbons (Fsp3) is 0.600. The Morgan fingerprint density at radius 2 is 2.06 bits per heavy atom. The van der Waals surface area contributed by atoms with E-state index in [1.807, 2.05) is 12.1 Å². The van der Waals surface area contributed by atoms with Gasteiger partial charge in [-0.15, -0.1) is 11.3 Å². The van der Waals surface area contributed by atoms with Crippen LogP contribution in [-0.2, 0) is 24.2 Å². The molecule has 4 rings (SSSR count). The molecule has 6 nitrogen and oxygen atoms in total. The van der Waals surface area contributed by atoms with Crippen LogP contribution in [0.25, 0.3) is 0 Å². The van der Waals surface area contributed by atoms with Gasteiger partial charge in [0.25, 0.3) is 0 Å². The fourth-order valence-electron chi connectivity index (χ4n) is 4.85. The van der Waals surface area contributed by atoms with E-state index in [0.717, 1.165) is 69.2 Å². The molecule has 2 aromatic heterocycles. The van der Waals surface area contributed by atoms with Crippen LogP contribution < -0.4 is 5.32 Å². The quantitative estimate of drug-likeness (QED) is 0.666. The summed E-state index contributed by atoms with van der Waals surface area (Å²) >= 11 is 1.62. The van der Waals surface area contributed by atoms with Gasteiger partial charge in [-0.1, -0.05) is 27.2 Å². The van der Waals surface area contributed by atoms with Crippen LogP contribution in [0, 0.1) is 22.7 Å². The van der Waals surface area contributed by atoms with E-state index in [1.54, 1.807) is 17.6 Å². The van der Waals surface area contributed by atoms with Gasteiger partial charge in [0.15, 0.2) is 0 Å². The molecule has 0 spiro atoms. The lowest BCUT2D eigenvalue weighted by molar-refractivity contribution is -0.117. The summed E-state index contributed by atoms with van der Waals surface area (Å²) in [5.74, 6) is 1.59. The molecule has 1 fully saturated rings. The van der Waals surface area contributed by atoms with Crippen LogP contribution in [0.4, 0.5) is 5.00 Å². The Morgan fingerprint density at radius 3 is 2.72 bits per heavy atom. The number of nitrogens with zero attached hydrogens (tertiary/aromatic N) is 3. The van der Waals surface area contributed by atoms with Crippen molar-refractivity contribution in [2.45, 2.75) is 53.0 Å². The minimum absolute atomic E-state index is 0.0231. The number of anilines is 1. The number of hydrogen-bond acceptors (Lipinski definition) is 6. The van der Waals surface area contributed by atoms with Gasteiger partial charge in [0.05, 0.1) is 24.9 Å². The number of rotatable bonds is 7. The van der Waals surface area contributed by atoms with Crippen LogP contribution in [0.1, 0.15) is 55.4 Å². The normalized spacial score (nSPS) is 20.0. The van der Waals surface area contributed by atoms with Gasteiger partial charge < -0.3 is 9.73 Å². The molecule has 0 bridgehead atoms. The lowest BCUT2D eigenvalue weighted by Gasteiger charge is -2.36. The van der Waals surface area contributed by atoms with Crippen molar-refractivity contribution < 1.29 is 9.21 Å². The zero-order chi connectivity index (χ0) is 22.7. The first-order valence-corrected chi connectivity index (χ1v) is 12.5. The number of hydrogen-bond donors (Lipinski definition) is 1. The predicted octanol–water partition coefficient (Wildman–Crippen LogP) is 4.51. The maximum Gasteiger partial charge on any atom is 0.239 e. The number of nitrogens with one attached hydrogen (secondary N) is 1. The maximum absolute atomic E-state index is 12.8. The van der Waals surface area contributed by atoms with Crippen molar-refractivity contribution in [3.63, 3.8) is 0 Å². The topological polar surface area (TPSA) is 72.5 Å². The molecule has 172 valence electrons. The SMILES string of the molecule is CCC(C)(C)C1CCc2c(sc(NC(=O)CN3CCN(Cc4ccco4)CC3)c2C#N)C1. The van der Waals surface area contributed by atoms with E-state index in [0.29, 0.717) is 23.4 Å². The highest BCUT2D eigenvalue weighted by atomic mass is 32.1. The second-order valence-corrected chi connectivity index (χ2v) is 10.9. The first-order chi connectivity index (χ1) is 15.4. The third-order valence-corrected chi connectivity index (χ3v) is 8.61. The minimum Gasteiger partial charge on any atom is -0.468 e. The highest BCUT2D eigenvalue weighted by molar-refractivity contribution is 7.16. The highest BCUT2D eigenvalue weighted by Gasteiger charge is 2.34. The van der Waals surface area contributed by atoms with Crippen LogP contribution in [0.5, 0.6) is 0 Å². The highest BCUT2D eigenvalue weighted by Crippen LogP contribution is 2.45. The van der Waals surface area contributed by atoms with Gasteiger partial charge in [-0.25, -0.2) is 0 Å². The molecule has 1 unspecified atom stereocenters. The van der Waals surface area contributed by atoms with Gasteiger partial charge in [0.1, 0.15) is 16.8 Å². The molecule has 32 heavy (non-hydrogen) atoms. The molecule has 3 heterocycles. The number of nitriles is 1. The molecular weight excluding hydrogens is 420 g/mol. The lowest BCUT2D eigenvalue weighted by Crippen LogP contribution is -2.48. The number of piperazine rings is 1. The van der Waals surface area contributed by atoms with Crippen LogP contribution in [0.2, 0.25) is 0 Å². The molecule has 2 aromatic rings. The third-order valence-electron chi connectivity index (χ3n) is 7.44. The Morgan fingerprint density at radius 1 is 1.31 bits per heavy atom. The van der Waals surface area contributed by atoms with Gasteiger partial charge >= 0.3 is 0 Å². The Balaban J connectivity index is 1.33. The number of carbonyl (C=O) groups is 1. The van der Waals surface area contributed by atoms with E-state index >= 15 is 0 Å². The molecule has 1 aliphatic heterocycles. The number of fused-ring (bicyclic) bond motifs is 1. The van der Waals surface area contributed by atoms with Gasteiger partial charge in [0.2, 0.25) is 5.91 Å². The summed E-state index contributed by atoms with van der Waals surface area (Å²) in [5.41, 5.74) is 2.16. The largest absolute Gasteiger partial charge is 0.468 e. The van der Waals surface area contributed by atoms with Crippen LogP contribution in [0.15, 0.2) is 22.8 Å². The summed E-state index contributed by atoms with van der Waals surface area (Å²) in [7, 11) is 0. The summed E-state index contributed by atoms with van der Waals surface area (Å²) in [4.78, 5) is 18.6. The summed E-state index contributed by atoms with van der Waals surface area (Å²) in [6.07, 6.45) is 5.94. The molecule has 0 radical (unpaired) electrons. The predicted molar refractivity (Wildman–Crippen MR) is 128 cm³/mol. The molecule has 1 saturated heterocycles. The number of furan rings is 1. The number of carbonyl (C=O) groups excluding carboxylic acids is 1. The van der Waals surface area contributed by atoms with Crippen molar-refractivity contribution in [3.8, 4) is 6.07 Å². The zero-order valence-electron chi connectivity index (χ0n) is 19.4. The summed E-state index contributed by atoms with van der Waals surface area (Å²) in [5, 5.41) is 13.6. The van der Waals surface area contributed by atoms with Crippen molar-refractivity contribution in [1.82, 2.24) is 9.80 Å². The fourth-order valence-corrected chi connectivity index (χ4v) is 6.14. The van der Waals surface area contributed by atoms with E-state index in [4.69, 9.17) is 4.42 Å². The standard InChI is InChI=1S/C25H34N4O2S/c1-4-25(2,3)18-7-8-20-21(15-26)24(32-22(20)14-18)27-23(30)17-29-11-9-28(10-12-29)16-19-6-5-13-31-19/h5-6,13,18H,4,7-12,14,16-17H2,1-3H3,(H,27,30). The van der Waals surface area contributed by atoms with Gasteiger partial charge in [-0.2, -0.15) is 5.26 Å². The summed E-state index contributed by atoms with van der Waals surface area (Å²) in [6.45, 7) is 11.7. The van der Waals surface area contributed by atoms with Crippen LogP contribution >= 0.6 is 11.3 Å². The Labute approximate surface area is 195 Å². The second-order valence-electron chi connectivity index (χ2n) is 9.78. The molecule has 0 saturated carbocycles. The van der Waals surface area contributed by atoms with Gasteiger partial charge in [-0.3, -0.25) is 14.6 Å². The maximum atomic E-state index is 12.8. The molecule has 0 aromatic carbocycles. The van der Waals surface area contributed by atoms with Crippen molar-refractivity contribution >= 4 is 22.2 Å². The van der Waals surface area contributed by atoms with E-state index in [9.17, 15) is 10.1 Å². The zero-order valence-corrected chi connectivity index (χ0v) is 20.3. The van der Waals surface area contributed by atoms with Crippen molar-refractivity contribution in [3.05, 3.63) is 40.2 Å². The molecule has 1 amide bonds. The minimum atomic E-state index is -0.0231. The van der Waals surface area contributed by atoms with E-state index in [2.05, 4.69) is 42.0 Å². The molecule has 7 heteroatoms. The smallest absolute Gasteiger partial charge is 0.239 e. The van der Waals surface area contributed by atoms with Crippen molar-refractivity contribution in [2.24, 2.45) is 11.3 Å². The monoisotopic (exact) mass is 454 g/mol. The summed E-state index contributed by atoms with van der Waals surface area (Å²) < 4.78 is 5.44. The third kappa shape index (κ3) is 5.09. The Bertz CT molecular complexity index is 965.